The first-order chi connectivity index (χ1) is 15.8. The fourth-order valence-corrected chi connectivity index (χ4v) is 4.97. The molecule has 0 spiro atoms. The Morgan fingerprint density at radius 1 is 1.12 bits per heavy atom. The zero-order valence-corrected chi connectivity index (χ0v) is 21.5. The van der Waals surface area contributed by atoms with Crippen molar-refractivity contribution in [3.8, 4) is 5.88 Å². The van der Waals surface area contributed by atoms with Gasteiger partial charge in [-0.25, -0.2) is 4.98 Å². The van der Waals surface area contributed by atoms with Crippen molar-refractivity contribution in [2.45, 2.75) is 83.8 Å². The lowest BCUT2D eigenvalue weighted by Gasteiger charge is -2.38. The minimum Gasteiger partial charge on any atom is -0.481 e. The molecule has 3 rings (SSSR count). The molecule has 0 bridgehead atoms. The van der Waals surface area contributed by atoms with Gasteiger partial charge in [0.1, 0.15) is 0 Å². The smallest absolute Gasteiger partial charge is 0.212 e. The molecule has 1 aliphatic carbocycles. The molecule has 1 aliphatic rings. The molecule has 4 heteroatoms. The largest absolute Gasteiger partial charge is 0.481 e. The summed E-state index contributed by atoms with van der Waals surface area (Å²) >= 11 is 0. The monoisotopic (exact) mass is 449 g/mol. The number of methoxy groups -OCH3 is 1. The lowest BCUT2D eigenvalue weighted by Crippen LogP contribution is -2.44. The van der Waals surface area contributed by atoms with Crippen molar-refractivity contribution in [3.05, 3.63) is 65.9 Å². The number of hydrogen-bond donors (Lipinski definition) is 1. The van der Waals surface area contributed by atoms with Gasteiger partial charge < -0.3 is 10.1 Å². The van der Waals surface area contributed by atoms with Crippen molar-refractivity contribution < 1.29 is 4.74 Å². The highest BCUT2D eigenvalue weighted by atomic mass is 16.5. The normalized spacial score (nSPS) is 16.5. The fraction of sp³-hybridized carbons (Fsp3) is 0.552. The second-order valence-electron chi connectivity index (χ2n) is 10.1. The van der Waals surface area contributed by atoms with E-state index in [9.17, 15) is 0 Å². The Bertz CT molecular complexity index is 884. The van der Waals surface area contributed by atoms with E-state index in [1.807, 2.05) is 18.3 Å². The third-order valence-electron chi connectivity index (χ3n) is 7.74. The Balaban J connectivity index is 1.52. The van der Waals surface area contributed by atoms with Gasteiger partial charge in [-0.1, -0.05) is 64.6 Å². The molecule has 33 heavy (non-hydrogen) atoms. The number of nitrogens with one attached hydrogen (secondary N) is 1. The van der Waals surface area contributed by atoms with Crippen LogP contribution in [0.25, 0.3) is 5.70 Å². The van der Waals surface area contributed by atoms with Gasteiger partial charge in [-0.05, 0) is 67.7 Å². The van der Waals surface area contributed by atoms with Crippen LogP contribution in [-0.2, 0) is 6.54 Å². The van der Waals surface area contributed by atoms with Crippen LogP contribution in [0, 0.1) is 5.92 Å². The molecule has 1 N–H and O–H groups in total. The molecule has 2 atom stereocenters. The second kappa shape index (κ2) is 11.2. The Kier molecular flexibility index (Phi) is 8.58. The van der Waals surface area contributed by atoms with Gasteiger partial charge in [0.15, 0.2) is 0 Å². The minimum atomic E-state index is 0.481. The molecule has 180 valence electrons. The number of pyridine rings is 1. The lowest BCUT2D eigenvalue weighted by molar-refractivity contribution is 0.105. The van der Waals surface area contributed by atoms with Crippen molar-refractivity contribution >= 4 is 5.70 Å². The van der Waals surface area contributed by atoms with Gasteiger partial charge in [0.2, 0.25) is 5.88 Å². The summed E-state index contributed by atoms with van der Waals surface area (Å²) in [6, 6.07) is 13.5. The summed E-state index contributed by atoms with van der Waals surface area (Å²) in [5, 5.41) is 3.41. The average Bonchev–Trinajstić information content (AvgIpc) is 3.64. The van der Waals surface area contributed by atoms with Gasteiger partial charge in [0, 0.05) is 36.1 Å². The van der Waals surface area contributed by atoms with Gasteiger partial charge in [-0.3, -0.25) is 4.90 Å². The molecule has 1 saturated carbocycles. The number of benzene rings is 1. The van der Waals surface area contributed by atoms with Crippen molar-refractivity contribution in [1.82, 2.24) is 15.2 Å². The standard InChI is InChI=1S/C29H43N3O/c1-8-29(17-18-29)32(6)27(21(2)3)15-9-22(4)25-11-13-26(14-12-25)23(5)30-19-24-10-16-28(33-7)31-20-24/h10-14,16,20-22,27,30H,5,8-9,15,17-19H2,1-4,6-7H3. The van der Waals surface area contributed by atoms with E-state index in [2.05, 4.69) is 80.8 Å². The molecule has 1 heterocycles. The summed E-state index contributed by atoms with van der Waals surface area (Å²) in [7, 11) is 3.99. The summed E-state index contributed by atoms with van der Waals surface area (Å²) < 4.78 is 5.12. The highest BCUT2D eigenvalue weighted by Gasteiger charge is 2.47. The number of ether oxygens (including phenoxy) is 1. The molecule has 1 aromatic heterocycles. The fourth-order valence-electron chi connectivity index (χ4n) is 4.97. The van der Waals surface area contributed by atoms with Gasteiger partial charge in [-0.2, -0.15) is 0 Å². The first kappa shape index (κ1) is 25.3. The zero-order chi connectivity index (χ0) is 24.0. The van der Waals surface area contributed by atoms with Crippen LogP contribution < -0.4 is 10.1 Å². The maximum absolute atomic E-state index is 5.12. The maximum atomic E-state index is 5.12. The summed E-state index contributed by atoms with van der Waals surface area (Å²) in [5.74, 6) is 1.87. The Hall–Kier alpha value is -2.33. The third-order valence-corrected chi connectivity index (χ3v) is 7.74. The van der Waals surface area contributed by atoms with Gasteiger partial charge in [-0.15, -0.1) is 0 Å². The first-order valence-electron chi connectivity index (χ1n) is 12.5. The van der Waals surface area contributed by atoms with Crippen LogP contribution in [0.5, 0.6) is 5.88 Å². The summed E-state index contributed by atoms with van der Waals surface area (Å²) in [5.41, 5.74) is 5.05. The van der Waals surface area contributed by atoms with E-state index in [1.165, 1.54) is 37.7 Å². The van der Waals surface area contributed by atoms with Crippen molar-refractivity contribution in [1.29, 1.82) is 0 Å². The van der Waals surface area contributed by atoms with Crippen LogP contribution in [0.15, 0.2) is 49.2 Å². The lowest BCUT2D eigenvalue weighted by atomic mass is 9.88. The molecule has 2 aromatic rings. The second-order valence-corrected chi connectivity index (χ2v) is 10.1. The van der Waals surface area contributed by atoms with Crippen molar-refractivity contribution in [3.63, 3.8) is 0 Å². The number of rotatable bonds is 13. The molecule has 1 aromatic carbocycles. The molecule has 0 aliphatic heterocycles. The molecular weight excluding hydrogens is 406 g/mol. The third kappa shape index (κ3) is 6.38. The first-order valence-corrected chi connectivity index (χ1v) is 12.5. The molecule has 2 unspecified atom stereocenters. The molecule has 0 amide bonds. The van der Waals surface area contributed by atoms with E-state index in [4.69, 9.17) is 4.74 Å². The summed E-state index contributed by atoms with van der Waals surface area (Å²) in [6.45, 7) is 14.4. The minimum absolute atomic E-state index is 0.481. The quantitative estimate of drug-likeness (QED) is 0.372. The Morgan fingerprint density at radius 2 is 1.82 bits per heavy atom. The average molecular weight is 450 g/mol. The van der Waals surface area contributed by atoms with Crippen molar-refractivity contribution in [2.24, 2.45) is 5.92 Å². The van der Waals surface area contributed by atoms with Crippen LogP contribution in [0.1, 0.15) is 82.4 Å². The zero-order valence-electron chi connectivity index (χ0n) is 21.5. The number of hydrogen-bond acceptors (Lipinski definition) is 4. The van der Waals surface area contributed by atoms with E-state index in [0.717, 1.165) is 16.8 Å². The topological polar surface area (TPSA) is 37.4 Å². The SMILES string of the molecule is C=C(NCc1ccc(OC)nc1)c1ccc(C(C)CCC(C(C)C)N(C)C2(CC)CC2)cc1. The number of nitrogens with zero attached hydrogens (tertiary/aromatic N) is 2. The molecule has 0 radical (unpaired) electrons. The van der Waals surface area contributed by atoms with Crippen molar-refractivity contribution in [2.75, 3.05) is 14.2 Å². The van der Waals surface area contributed by atoms with Gasteiger partial charge in [0.05, 0.1) is 7.11 Å². The van der Waals surface area contributed by atoms with Crippen LogP contribution >= 0.6 is 0 Å². The predicted octanol–water partition coefficient (Wildman–Crippen LogP) is 6.63. The van der Waals surface area contributed by atoms with Crippen LogP contribution in [0.4, 0.5) is 0 Å². The van der Waals surface area contributed by atoms with E-state index in [-0.39, 0.29) is 0 Å². The van der Waals surface area contributed by atoms with E-state index in [1.54, 1.807) is 7.11 Å². The van der Waals surface area contributed by atoms with E-state index < -0.39 is 0 Å². The maximum Gasteiger partial charge on any atom is 0.212 e. The van der Waals surface area contributed by atoms with Crippen LogP contribution in [0.3, 0.4) is 0 Å². The van der Waals surface area contributed by atoms with Gasteiger partial charge >= 0.3 is 0 Å². The molecular formula is C29H43N3O. The highest BCUT2D eigenvalue weighted by Crippen LogP contribution is 2.46. The predicted molar refractivity (Wildman–Crippen MR) is 139 cm³/mol. The highest BCUT2D eigenvalue weighted by molar-refractivity contribution is 5.61. The summed E-state index contributed by atoms with van der Waals surface area (Å²) in [6.07, 6.45) is 8.31. The molecule has 0 saturated heterocycles. The molecule has 1 fully saturated rings. The Labute approximate surface area is 201 Å². The van der Waals surface area contributed by atoms with E-state index >= 15 is 0 Å². The van der Waals surface area contributed by atoms with E-state index in [0.29, 0.717) is 35.8 Å². The summed E-state index contributed by atoms with van der Waals surface area (Å²) in [4.78, 5) is 6.97. The number of aromatic nitrogens is 1. The van der Waals surface area contributed by atoms with Crippen LogP contribution in [0.2, 0.25) is 0 Å². The molecule has 4 nitrogen and oxygen atoms in total. The Morgan fingerprint density at radius 3 is 2.33 bits per heavy atom. The van der Waals surface area contributed by atoms with Crippen LogP contribution in [-0.4, -0.2) is 35.6 Å². The van der Waals surface area contributed by atoms with Gasteiger partial charge in [0.25, 0.3) is 0 Å².